The molecule has 0 aromatic heterocycles. The van der Waals surface area contributed by atoms with Gasteiger partial charge >= 0.3 is 5.97 Å². The van der Waals surface area contributed by atoms with E-state index in [1.165, 1.54) is 4.90 Å². The summed E-state index contributed by atoms with van der Waals surface area (Å²) in [7, 11) is 1.67. The number of benzene rings is 3. The number of hydrogen-bond acceptors (Lipinski definition) is 5. The van der Waals surface area contributed by atoms with Crippen molar-refractivity contribution in [3.63, 3.8) is 0 Å². The summed E-state index contributed by atoms with van der Waals surface area (Å²) < 4.78 is 16.3. The second-order valence-electron chi connectivity index (χ2n) is 6.85. The Hall–Kier alpha value is -3.80. The van der Waals surface area contributed by atoms with E-state index in [-0.39, 0.29) is 12.5 Å². The third-order valence-electron chi connectivity index (χ3n) is 4.46. The molecule has 0 saturated heterocycles. The van der Waals surface area contributed by atoms with Crippen molar-refractivity contribution in [3.8, 4) is 17.2 Å². The van der Waals surface area contributed by atoms with Crippen LogP contribution < -0.4 is 9.47 Å². The number of ether oxygens (including phenoxy) is 3. The van der Waals surface area contributed by atoms with Crippen molar-refractivity contribution >= 4 is 11.9 Å². The van der Waals surface area contributed by atoms with Crippen molar-refractivity contribution in [2.24, 2.45) is 0 Å². The lowest BCUT2D eigenvalue weighted by molar-refractivity contribution is -0.133. The van der Waals surface area contributed by atoms with Gasteiger partial charge in [-0.05, 0) is 55.0 Å². The molecule has 0 saturated carbocycles. The SMILES string of the molecule is CCOc1ccc(CN(C)C(=O)COC(=O)c2cccc(Oc3ccccc3)c2)cc1. The molecule has 160 valence electrons. The fourth-order valence-corrected chi connectivity index (χ4v) is 2.85. The van der Waals surface area contributed by atoms with Gasteiger partial charge < -0.3 is 19.1 Å². The van der Waals surface area contributed by atoms with Gasteiger partial charge in [-0.1, -0.05) is 36.4 Å². The largest absolute Gasteiger partial charge is 0.494 e. The highest BCUT2D eigenvalue weighted by molar-refractivity contribution is 5.91. The van der Waals surface area contributed by atoms with Gasteiger partial charge in [0.2, 0.25) is 0 Å². The number of likely N-dealkylation sites (N-methyl/N-ethyl adjacent to an activating group) is 1. The van der Waals surface area contributed by atoms with Crippen molar-refractivity contribution in [3.05, 3.63) is 90.0 Å². The third kappa shape index (κ3) is 6.60. The van der Waals surface area contributed by atoms with Gasteiger partial charge in [0.15, 0.2) is 6.61 Å². The summed E-state index contributed by atoms with van der Waals surface area (Å²) in [5.41, 5.74) is 1.27. The molecule has 0 aliphatic rings. The number of amides is 1. The zero-order valence-corrected chi connectivity index (χ0v) is 17.6. The fraction of sp³-hybridized carbons (Fsp3) is 0.200. The van der Waals surface area contributed by atoms with E-state index < -0.39 is 5.97 Å². The second-order valence-corrected chi connectivity index (χ2v) is 6.85. The van der Waals surface area contributed by atoms with Crippen LogP contribution in [0.2, 0.25) is 0 Å². The molecular weight excluding hydrogens is 394 g/mol. The number of nitrogens with zero attached hydrogens (tertiary/aromatic N) is 1. The maximum Gasteiger partial charge on any atom is 0.338 e. The van der Waals surface area contributed by atoms with Crippen LogP contribution in [0.3, 0.4) is 0 Å². The molecule has 0 radical (unpaired) electrons. The molecule has 0 unspecified atom stereocenters. The predicted octanol–water partition coefficient (Wildman–Crippen LogP) is 4.69. The van der Waals surface area contributed by atoms with Gasteiger partial charge in [0, 0.05) is 13.6 Å². The monoisotopic (exact) mass is 419 g/mol. The van der Waals surface area contributed by atoms with Crippen LogP contribution >= 0.6 is 0 Å². The van der Waals surface area contributed by atoms with E-state index in [0.717, 1.165) is 11.3 Å². The van der Waals surface area contributed by atoms with Gasteiger partial charge in [0.25, 0.3) is 5.91 Å². The van der Waals surface area contributed by atoms with Crippen molar-refractivity contribution in [2.45, 2.75) is 13.5 Å². The minimum absolute atomic E-state index is 0.293. The molecule has 3 aromatic rings. The van der Waals surface area contributed by atoms with Crippen molar-refractivity contribution in [1.29, 1.82) is 0 Å². The molecule has 6 heteroatoms. The summed E-state index contributed by atoms with van der Waals surface area (Å²) in [6.45, 7) is 2.60. The minimum Gasteiger partial charge on any atom is -0.494 e. The van der Waals surface area contributed by atoms with Crippen LogP contribution in [-0.4, -0.2) is 37.0 Å². The van der Waals surface area contributed by atoms with Crippen molar-refractivity contribution < 1.29 is 23.8 Å². The fourth-order valence-electron chi connectivity index (χ4n) is 2.85. The number of carbonyl (C=O) groups excluding carboxylic acids is 2. The van der Waals surface area contributed by atoms with Gasteiger partial charge in [-0.3, -0.25) is 4.79 Å². The smallest absolute Gasteiger partial charge is 0.338 e. The molecule has 31 heavy (non-hydrogen) atoms. The number of rotatable bonds is 9. The van der Waals surface area contributed by atoms with E-state index in [1.807, 2.05) is 61.5 Å². The molecule has 0 bridgehead atoms. The molecule has 3 aromatic carbocycles. The quantitative estimate of drug-likeness (QED) is 0.471. The van der Waals surface area contributed by atoms with Crippen LogP contribution in [0.1, 0.15) is 22.8 Å². The maximum atomic E-state index is 12.4. The van der Waals surface area contributed by atoms with Gasteiger partial charge in [0.05, 0.1) is 12.2 Å². The summed E-state index contributed by atoms with van der Waals surface area (Å²) in [5, 5.41) is 0. The summed E-state index contributed by atoms with van der Waals surface area (Å²) in [6, 6.07) is 23.5. The molecule has 0 fully saturated rings. The highest BCUT2D eigenvalue weighted by atomic mass is 16.5. The van der Waals surface area contributed by atoms with Crippen LogP contribution in [0.25, 0.3) is 0 Å². The Bertz CT molecular complexity index is 1000. The standard InChI is InChI=1S/C25H25NO5/c1-3-29-21-14-12-19(13-15-21)17-26(2)24(27)18-30-25(28)20-8-7-11-23(16-20)31-22-9-5-4-6-10-22/h4-16H,3,17-18H2,1-2H3. The van der Waals surface area contributed by atoms with E-state index in [9.17, 15) is 9.59 Å². The Kier molecular flexibility index (Phi) is 7.65. The van der Waals surface area contributed by atoms with E-state index in [2.05, 4.69) is 0 Å². The van der Waals surface area contributed by atoms with E-state index >= 15 is 0 Å². The number of para-hydroxylation sites is 1. The molecule has 0 aliphatic heterocycles. The summed E-state index contributed by atoms with van der Waals surface area (Å²) >= 11 is 0. The first-order chi connectivity index (χ1) is 15.0. The Labute approximate surface area is 182 Å². The molecule has 0 atom stereocenters. The summed E-state index contributed by atoms with van der Waals surface area (Å²) in [5.74, 6) is 1.09. The maximum absolute atomic E-state index is 12.4. The topological polar surface area (TPSA) is 65.1 Å². The van der Waals surface area contributed by atoms with Crippen LogP contribution in [0.15, 0.2) is 78.9 Å². The highest BCUT2D eigenvalue weighted by Gasteiger charge is 2.14. The molecule has 6 nitrogen and oxygen atoms in total. The molecule has 1 amide bonds. The number of esters is 1. The zero-order valence-electron chi connectivity index (χ0n) is 17.6. The van der Waals surface area contributed by atoms with Gasteiger partial charge in [-0.15, -0.1) is 0 Å². The second kappa shape index (κ2) is 10.8. The third-order valence-corrected chi connectivity index (χ3v) is 4.46. The van der Waals surface area contributed by atoms with Crippen molar-refractivity contribution in [1.82, 2.24) is 4.90 Å². The molecule has 3 rings (SSSR count). The average Bonchev–Trinajstić information content (AvgIpc) is 2.79. The Balaban J connectivity index is 1.51. The highest BCUT2D eigenvalue weighted by Crippen LogP contribution is 2.22. The van der Waals surface area contributed by atoms with Gasteiger partial charge in [-0.25, -0.2) is 4.79 Å². The lowest BCUT2D eigenvalue weighted by atomic mass is 10.2. The Morgan fingerprint density at radius 1 is 0.839 bits per heavy atom. The first-order valence-corrected chi connectivity index (χ1v) is 10.0. The first-order valence-electron chi connectivity index (χ1n) is 10.0. The number of hydrogen-bond donors (Lipinski definition) is 0. The Morgan fingerprint density at radius 2 is 1.55 bits per heavy atom. The van der Waals surface area contributed by atoms with Crippen LogP contribution in [0, 0.1) is 0 Å². The molecule has 0 heterocycles. The average molecular weight is 419 g/mol. The van der Waals surface area contributed by atoms with Gasteiger partial charge in [-0.2, -0.15) is 0 Å². The summed E-state index contributed by atoms with van der Waals surface area (Å²) in [6.07, 6.45) is 0. The van der Waals surface area contributed by atoms with Gasteiger partial charge in [0.1, 0.15) is 17.2 Å². The van der Waals surface area contributed by atoms with Crippen LogP contribution in [0.4, 0.5) is 0 Å². The normalized spacial score (nSPS) is 10.3. The Morgan fingerprint density at radius 3 is 2.26 bits per heavy atom. The molecular formula is C25H25NO5. The molecule has 0 N–H and O–H groups in total. The summed E-state index contributed by atoms with van der Waals surface area (Å²) in [4.78, 5) is 26.2. The van der Waals surface area contributed by atoms with Crippen LogP contribution in [-0.2, 0) is 16.1 Å². The lowest BCUT2D eigenvalue weighted by Crippen LogP contribution is -2.30. The predicted molar refractivity (Wildman–Crippen MR) is 117 cm³/mol. The van der Waals surface area contributed by atoms with E-state index in [1.54, 1.807) is 31.3 Å². The first kappa shape index (κ1) is 21.9. The lowest BCUT2D eigenvalue weighted by Gasteiger charge is -2.17. The number of carbonyl (C=O) groups is 2. The van der Waals surface area contributed by atoms with Crippen molar-refractivity contribution in [2.75, 3.05) is 20.3 Å². The molecule has 0 spiro atoms. The van der Waals surface area contributed by atoms with E-state index in [4.69, 9.17) is 14.2 Å². The molecule has 0 aliphatic carbocycles. The van der Waals surface area contributed by atoms with Crippen LogP contribution in [0.5, 0.6) is 17.2 Å². The zero-order chi connectivity index (χ0) is 22.1. The van der Waals surface area contributed by atoms with E-state index in [0.29, 0.717) is 30.2 Å². The minimum atomic E-state index is -0.582.